The van der Waals surface area contributed by atoms with E-state index in [9.17, 15) is 4.79 Å². The van der Waals surface area contributed by atoms with E-state index in [1.807, 2.05) is 36.1 Å². The van der Waals surface area contributed by atoms with E-state index in [1.165, 1.54) is 11.8 Å². The lowest BCUT2D eigenvalue weighted by Crippen LogP contribution is -2.44. The van der Waals surface area contributed by atoms with Crippen LogP contribution >= 0.6 is 11.8 Å². The first-order valence-corrected chi connectivity index (χ1v) is 8.53. The largest absolute Gasteiger partial charge is 0.497 e. The fraction of sp³-hybridized carbons (Fsp3) is 0.467. The summed E-state index contributed by atoms with van der Waals surface area (Å²) >= 11 is 1.35. The molecule has 1 amide bonds. The smallest absolute Gasteiger partial charge is 0.236 e. The van der Waals surface area contributed by atoms with Crippen molar-refractivity contribution in [1.29, 1.82) is 0 Å². The first-order valence-electron chi connectivity index (χ1n) is 7.65. The zero-order chi connectivity index (χ0) is 16.9. The number of aromatic nitrogens is 4. The molecular formula is C15H19N5O3S. The minimum atomic E-state index is -0.272. The van der Waals surface area contributed by atoms with Crippen LogP contribution in [0.3, 0.4) is 0 Å². The second-order valence-electron chi connectivity index (χ2n) is 5.27. The Balaban J connectivity index is 1.71. The fourth-order valence-corrected chi connectivity index (χ4v) is 3.28. The summed E-state index contributed by atoms with van der Waals surface area (Å²) in [4.78, 5) is 14.3. The van der Waals surface area contributed by atoms with Gasteiger partial charge in [0.2, 0.25) is 11.1 Å². The molecule has 1 aromatic heterocycles. The van der Waals surface area contributed by atoms with E-state index >= 15 is 0 Å². The predicted octanol–water partition coefficient (Wildman–Crippen LogP) is 1.01. The molecule has 24 heavy (non-hydrogen) atoms. The van der Waals surface area contributed by atoms with Gasteiger partial charge < -0.3 is 14.4 Å². The van der Waals surface area contributed by atoms with Crippen molar-refractivity contribution in [2.45, 2.75) is 17.3 Å². The minimum absolute atomic E-state index is 0.0765. The van der Waals surface area contributed by atoms with Gasteiger partial charge in [0.15, 0.2) is 0 Å². The fourth-order valence-electron chi connectivity index (χ4n) is 2.39. The first kappa shape index (κ1) is 16.7. The maximum absolute atomic E-state index is 12.5. The van der Waals surface area contributed by atoms with E-state index in [0.29, 0.717) is 31.5 Å². The van der Waals surface area contributed by atoms with E-state index < -0.39 is 0 Å². The molecule has 0 bridgehead atoms. The highest BCUT2D eigenvalue weighted by atomic mass is 32.2. The number of benzene rings is 1. The van der Waals surface area contributed by atoms with Gasteiger partial charge in [-0.15, -0.1) is 5.10 Å². The second-order valence-corrected chi connectivity index (χ2v) is 6.58. The molecule has 8 nitrogen and oxygen atoms in total. The Morgan fingerprint density at radius 3 is 2.67 bits per heavy atom. The van der Waals surface area contributed by atoms with Crippen LogP contribution in [-0.2, 0) is 9.53 Å². The van der Waals surface area contributed by atoms with E-state index in [4.69, 9.17) is 9.47 Å². The van der Waals surface area contributed by atoms with Crippen LogP contribution in [0.1, 0.15) is 6.92 Å². The van der Waals surface area contributed by atoms with Crippen LogP contribution in [0.25, 0.3) is 5.69 Å². The Bertz CT molecular complexity index is 685. The third-order valence-electron chi connectivity index (χ3n) is 3.71. The molecule has 9 heteroatoms. The van der Waals surface area contributed by atoms with Crippen molar-refractivity contribution in [2.75, 3.05) is 33.4 Å². The van der Waals surface area contributed by atoms with Gasteiger partial charge >= 0.3 is 0 Å². The normalized spacial score (nSPS) is 16.0. The predicted molar refractivity (Wildman–Crippen MR) is 88.4 cm³/mol. The summed E-state index contributed by atoms with van der Waals surface area (Å²) in [5.41, 5.74) is 0.814. The minimum Gasteiger partial charge on any atom is -0.497 e. The van der Waals surface area contributed by atoms with Crippen molar-refractivity contribution in [1.82, 2.24) is 25.1 Å². The Labute approximate surface area is 144 Å². The molecule has 128 valence electrons. The Morgan fingerprint density at radius 2 is 2.00 bits per heavy atom. The summed E-state index contributed by atoms with van der Waals surface area (Å²) in [6.45, 7) is 4.31. The van der Waals surface area contributed by atoms with Gasteiger partial charge in [0.05, 0.1) is 31.3 Å². The number of amides is 1. The molecule has 1 fully saturated rings. The number of ether oxygens (including phenoxy) is 2. The number of thioether (sulfide) groups is 1. The molecule has 0 radical (unpaired) electrons. The van der Waals surface area contributed by atoms with E-state index in [1.54, 1.807) is 11.8 Å². The van der Waals surface area contributed by atoms with Crippen LogP contribution in [0.15, 0.2) is 29.4 Å². The van der Waals surface area contributed by atoms with Crippen molar-refractivity contribution in [3.05, 3.63) is 24.3 Å². The molecule has 0 aliphatic carbocycles. The highest BCUT2D eigenvalue weighted by Crippen LogP contribution is 2.25. The van der Waals surface area contributed by atoms with Gasteiger partial charge in [-0.25, -0.2) is 0 Å². The zero-order valence-corrected chi connectivity index (χ0v) is 14.4. The Morgan fingerprint density at radius 1 is 1.29 bits per heavy atom. The number of tetrazole rings is 1. The summed E-state index contributed by atoms with van der Waals surface area (Å²) in [7, 11) is 1.62. The number of carbonyl (C=O) groups is 1. The molecule has 1 aromatic carbocycles. The summed E-state index contributed by atoms with van der Waals surface area (Å²) in [5.74, 6) is 0.837. The number of hydrogen-bond donors (Lipinski definition) is 0. The molecule has 0 saturated carbocycles. The average Bonchev–Trinajstić information content (AvgIpc) is 3.10. The summed E-state index contributed by atoms with van der Waals surface area (Å²) in [6, 6.07) is 7.42. The van der Waals surface area contributed by atoms with Gasteiger partial charge in [-0.05, 0) is 41.6 Å². The molecule has 0 N–H and O–H groups in total. The number of methoxy groups -OCH3 is 1. The van der Waals surface area contributed by atoms with Gasteiger partial charge in [0.1, 0.15) is 5.75 Å². The monoisotopic (exact) mass is 349 g/mol. The van der Waals surface area contributed by atoms with Crippen molar-refractivity contribution in [3.8, 4) is 11.4 Å². The van der Waals surface area contributed by atoms with Crippen molar-refractivity contribution < 1.29 is 14.3 Å². The quantitative estimate of drug-likeness (QED) is 0.745. The Kier molecular flexibility index (Phi) is 5.31. The number of rotatable bonds is 5. The van der Waals surface area contributed by atoms with Gasteiger partial charge in [0.25, 0.3) is 0 Å². The molecule has 1 aliphatic heterocycles. The van der Waals surface area contributed by atoms with Crippen LogP contribution in [0.5, 0.6) is 5.75 Å². The van der Waals surface area contributed by atoms with Crippen LogP contribution < -0.4 is 4.74 Å². The van der Waals surface area contributed by atoms with Gasteiger partial charge in [0, 0.05) is 13.1 Å². The molecule has 2 heterocycles. The van der Waals surface area contributed by atoms with Crippen LogP contribution in [-0.4, -0.2) is 69.7 Å². The van der Waals surface area contributed by atoms with E-state index in [-0.39, 0.29) is 11.2 Å². The van der Waals surface area contributed by atoms with Crippen LogP contribution in [0.2, 0.25) is 0 Å². The van der Waals surface area contributed by atoms with Crippen LogP contribution in [0, 0.1) is 0 Å². The molecular weight excluding hydrogens is 330 g/mol. The maximum atomic E-state index is 12.5. The van der Waals surface area contributed by atoms with Gasteiger partial charge in [-0.2, -0.15) is 4.68 Å². The number of nitrogens with zero attached hydrogens (tertiary/aromatic N) is 5. The lowest BCUT2D eigenvalue weighted by Gasteiger charge is -2.28. The van der Waals surface area contributed by atoms with Gasteiger partial charge in [-0.1, -0.05) is 11.8 Å². The lowest BCUT2D eigenvalue weighted by molar-refractivity contribution is -0.134. The summed E-state index contributed by atoms with van der Waals surface area (Å²) in [6.07, 6.45) is 0. The molecule has 1 aliphatic rings. The molecule has 3 rings (SSSR count). The second kappa shape index (κ2) is 7.63. The standard InChI is InChI=1S/C15H19N5O3S/c1-11(14(21)19-7-9-23-10-8-19)24-15-16-17-18-20(15)12-3-5-13(22-2)6-4-12/h3-6,11H,7-10H2,1-2H3/t11-/m1/s1. The molecule has 0 unspecified atom stereocenters. The SMILES string of the molecule is COc1ccc(-n2nnnc2S[C@H](C)C(=O)N2CCOCC2)cc1. The maximum Gasteiger partial charge on any atom is 0.236 e. The van der Waals surface area contributed by atoms with E-state index in [2.05, 4.69) is 15.5 Å². The van der Waals surface area contributed by atoms with Crippen molar-refractivity contribution >= 4 is 17.7 Å². The molecule has 1 atom stereocenters. The zero-order valence-electron chi connectivity index (χ0n) is 13.6. The Hall–Kier alpha value is -2.13. The summed E-state index contributed by atoms with van der Waals surface area (Å²) in [5, 5.41) is 12.1. The highest BCUT2D eigenvalue weighted by Gasteiger charge is 2.25. The third kappa shape index (κ3) is 3.68. The first-order chi connectivity index (χ1) is 11.7. The van der Waals surface area contributed by atoms with Crippen molar-refractivity contribution in [2.24, 2.45) is 0 Å². The number of morpholine rings is 1. The van der Waals surface area contributed by atoms with Crippen LogP contribution in [0.4, 0.5) is 0 Å². The topological polar surface area (TPSA) is 82.4 Å². The van der Waals surface area contributed by atoms with Crippen molar-refractivity contribution in [3.63, 3.8) is 0 Å². The highest BCUT2D eigenvalue weighted by molar-refractivity contribution is 8.00. The average molecular weight is 349 g/mol. The molecule has 0 spiro atoms. The number of hydrogen-bond acceptors (Lipinski definition) is 7. The molecule has 1 saturated heterocycles. The molecule has 2 aromatic rings. The third-order valence-corrected chi connectivity index (χ3v) is 4.73. The summed E-state index contributed by atoms with van der Waals surface area (Å²) < 4.78 is 12.1. The lowest BCUT2D eigenvalue weighted by atomic mass is 10.3. The number of carbonyl (C=O) groups excluding carboxylic acids is 1. The van der Waals surface area contributed by atoms with E-state index in [0.717, 1.165) is 11.4 Å². The van der Waals surface area contributed by atoms with Gasteiger partial charge in [-0.3, -0.25) is 4.79 Å².